The van der Waals surface area contributed by atoms with Crippen molar-refractivity contribution in [3.8, 4) is 0 Å². The van der Waals surface area contributed by atoms with E-state index in [4.69, 9.17) is 5.73 Å². The molecular weight excluding hydrogens is 464 g/mol. The third-order valence-electron chi connectivity index (χ3n) is 7.58. The number of aliphatic imine (C=N–C) groups is 1. The van der Waals surface area contributed by atoms with Crippen molar-refractivity contribution >= 4 is 71.6 Å². The van der Waals surface area contributed by atoms with Crippen LogP contribution in [0.1, 0.15) is 6.92 Å². The lowest BCUT2D eigenvalue weighted by atomic mass is 9.97. The molecule has 6 aromatic rings. The Morgan fingerprint density at radius 3 is 2.05 bits per heavy atom. The molecular formula is C34H26N4. The maximum atomic E-state index is 6.52. The predicted molar refractivity (Wildman–Crippen MR) is 164 cm³/mol. The zero-order valence-electron chi connectivity index (χ0n) is 21.1. The molecule has 4 nitrogen and oxygen atoms in total. The molecule has 4 heteroatoms. The Balaban J connectivity index is 1.86. The second kappa shape index (κ2) is 8.22. The van der Waals surface area contributed by atoms with Crippen molar-refractivity contribution in [1.82, 2.24) is 9.13 Å². The first-order chi connectivity index (χ1) is 18.6. The monoisotopic (exact) mass is 490 g/mol. The first-order valence-electron chi connectivity index (χ1n) is 12.7. The number of hydrogen-bond acceptors (Lipinski definition) is 2. The summed E-state index contributed by atoms with van der Waals surface area (Å²) in [6, 6.07) is 25.7. The van der Waals surface area contributed by atoms with Crippen LogP contribution < -0.4 is 5.73 Å². The van der Waals surface area contributed by atoms with Gasteiger partial charge in [0.15, 0.2) is 0 Å². The number of rotatable bonds is 3. The molecule has 0 fully saturated rings. The fourth-order valence-corrected chi connectivity index (χ4v) is 6.13. The molecule has 0 bridgehead atoms. The molecule has 38 heavy (non-hydrogen) atoms. The normalized spacial score (nSPS) is 16.0. The molecule has 0 aliphatic heterocycles. The molecule has 1 aliphatic carbocycles. The van der Waals surface area contributed by atoms with Crippen LogP contribution in [0.15, 0.2) is 127 Å². The zero-order chi connectivity index (χ0) is 26.0. The van der Waals surface area contributed by atoms with E-state index in [0.717, 1.165) is 49.8 Å². The van der Waals surface area contributed by atoms with E-state index in [9.17, 15) is 0 Å². The van der Waals surface area contributed by atoms with Gasteiger partial charge >= 0.3 is 0 Å². The molecule has 2 aromatic heterocycles. The van der Waals surface area contributed by atoms with E-state index in [2.05, 4.69) is 119 Å². The maximum absolute atomic E-state index is 6.52. The van der Waals surface area contributed by atoms with E-state index in [1.54, 1.807) is 6.20 Å². The van der Waals surface area contributed by atoms with Crippen LogP contribution in [-0.4, -0.2) is 14.8 Å². The molecule has 0 unspecified atom stereocenters. The molecule has 0 atom stereocenters. The molecule has 0 saturated heterocycles. The van der Waals surface area contributed by atoms with Gasteiger partial charge in [-0.05, 0) is 35.2 Å². The minimum atomic E-state index is 0.493. The maximum Gasteiger partial charge on any atom is 0.100 e. The summed E-state index contributed by atoms with van der Waals surface area (Å²) in [4.78, 5) is 4.60. The zero-order valence-corrected chi connectivity index (χ0v) is 21.1. The van der Waals surface area contributed by atoms with E-state index in [0.29, 0.717) is 5.82 Å². The van der Waals surface area contributed by atoms with Gasteiger partial charge in [0.1, 0.15) is 5.82 Å². The number of benzene rings is 4. The summed E-state index contributed by atoms with van der Waals surface area (Å²) in [5.74, 6) is 0.493. The van der Waals surface area contributed by atoms with E-state index < -0.39 is 0 Å². The van der Waals surface area contributed by atoms with Crippen LogP contribution in [0.4, 0.5) is 0 Å². The predicted octanol–water partition coefficient (Wildman–Crippen LogP) is 8.38. The summed E-state index contributed by atoms with van der Waals surface area (Å²) in [7, 11) is 0. The van der Waals surface area contributed by atoms with Crippen LogP contribution in [0.3, 0.4) is 0 Å². The first kappa shape index (κ1) is 22.1. The summed E-state index contributed by atoms with van der Waals surface area (Å²) in [5.41, 5.74) is 13.9. The Kier molecular flexibility index (Phi) is 4.79. The fraction of sp³-hybridized carbons (Fsp3) is 0.0294. The Hall–Kier alpha value is -5.09. The van der Waals surface area contributed by atoms with Gasteiger partial charge in [-0.1, -0.05) is 98.1 Å². The van der Waals surface area contributed by atoms with Crippen molar-refractivity contribution in [1.29, 1.82) is 0 Å². The third-order valence-corrected chi connectivity index (χ3v) is 7.58. The highest BCUT2D eigenvalue weighted by molar-refractivity contribution is 6.35. The Morgan fingerprint density at radius 1 is 0.737 bits per heavy atom. The van der Waals surface area contributed by atoms with Crippen molar-refractivity contribution in [2.75, 3.05) is 0 Å². The molecule has 0 amide bonds. The molecule has 2 N–H and O–H groups in total. The van der Waals surface area contributed by atoms with Crippen LogP contribution in [0.5, 0.6) is 0 Å². The van der Waals surface area contributed by atoms with Crippen LogP contribution in [0, 0.1) is 0 Å². The molecule has 4 aromatic carbocycles. The Labute approximate surface area is 220 Å². The van der Waals surface area contributed by atoms with Crippen molar-refractivity contribution in [3.63, 3.8) is 0 Å². The largest absolute Gasteiger partial charge is 0.385 e. The standard InChI is InChI=1S/C34H26N4/c1-4-36-29-19-11-9-13-23(29)21(2)37-32-27-17-8-6-15-25(27)24-14-5-7-16-26(24)31(32)34-33(37)28-18-10-12-20-30(28)38(34)22(3)35/h4-20H,1,3,35H2,2H3/b23-21+,36-29?. The Bertz CT molecular complexity index is 2120. The van der Waals surface area contributed by atoms with Crippen LogP contribution in [-0.2, 0) is 0 Å². The number of aromatic nitrogens is 2. The van der Waals surface area contributed by atoms with Crippen LogP contribution in [0.25, 0.3) is 65.9 Å². The summed E-state index contributed by atoms with van der Waals surface area (Å²) in [6.07, 6.45) is 9.82. The summed E-state index contributed by atoms with van der Waals surface area (Å²) < 4.78 is 4.51. The van der Waals surface area contributed by atoms with Gasteiger partial charge < -0.3 is 10.3 Å². The van der Waals surface area contributed by atoms with E-state index in [1.165, 1.54) is 21.5 Å². The van der Waals surface area contributed by atoms with Crippen molar-refractivity contribution in [2.45, 2.75) is 6.92 Å². The van der Waals surface area contributed by atoms with Gasteiger partial charge in [-0.25, -0.2) is 0 Å². The van der Waals surface area contributed by atoms with Gasteiger partial charge in [-0.2, -0.15) is 0 Å². The molecule has 0 saturated carbocycles. The van der Waals surface area contributed by atoms with Crippen molar-refractivity contribution < 1.29 is 0 Å². The van der Waals surface area contributed by atoms with Gasteiger partial charge in [0, 0.05) is 33.6 Å². The van der Waals surface area contributed by atoms with Gasteiger partial charge in [-0.15, -0.1) is 0 Å². The summed E-state index contributed by atoms with van der Waals surface area (Å²) in [6.45, 7) is 10.2. The molecule has 1 aliphatic rings. The number of nitrogens with zero attached hydrogens (tertiary/aromatic N) is 3. The van der Waals surface area contributed by atoms with Crippen LogP contribution in [0.2, 0.25) is 0 Å². The molecule has 182 valence electrons. The van der Waals surface area contributed by atoms with Gasteiger partial charge in [0.2, 0.25) is 0 Å². The lowest BCUT2D eigenvalue weighted by molar-refractivity contribution is 1.18. The molecule has 0 radical (unpaired) electrons. The molecule has 0 spiro atoms. The topological polar surface area (TPSA) is 48.2 Å². The van der Waals surface area contributed by atoms with Crippen LogP contribution >= 0.6 is 0 Å². The number of fused-ring (bicyclic) bond motifs is 10. The number of nitrogens with two attached hydrogens (primary N) is 1. The second-order valence-corrected chi connectivity index (χ2v) is 9.61. The smallest absolute Gasteiger partial charge is 0.100 e. The van der Waals surface area contributed by atoms with Gasteiger partial charge in [0.25, 0.3) is 0 Å². The van der Waals surface area contributed by atoms with Gasteiger partial charge in [-0.3, -0.25) is 9.56 Å². The minimum absolute atomic E-state index is 0.493. The van der Waals surface area contributed by atoms with Gasteiger partial charge in [0.05, 0.1) is 27.8 Å². The summed E-state index contributed by atoms with van der Waals surface area (Å²) in [5, 5.41) is 7.09. The summed E-state index contributed by atoms with van der Waals surface area (Å²) >= 11 is 0. The SMILES string of the molecule is C=CN=C1C=CC=C/C1=C(/C)n1c2c3ccccc3c3ccccc3c2c2c1c1ccccc1n2C(=C)N. The average molecular weight is 491 g/mol. The fourth-order valence-electron chi connectivity index (χ4n) is 6.13. The first-order valence-corrected chi connectivity index (χ1v) is 12.7. The highest BCUT2D eigenvalue weighted by atomic mass is 15.1. The number of hydrogen-bond donors (Lipinski definition) is 1. The lowest BCUT2D eigenvalue weighted by Crippen LogP contribution is -2.06. The average Bonchev–Trinajstić information content (AvgIpc) is 3.46. The van der Waals surface area contributed by atoms with Crippen molar-refractivity contribution in [2.24, 2.45) is 10.7 Å². The second-order valence-electron chi connectivity index (χ2n) is 9.61. The minimum Gasteiger partial charge on any atom is -0.385 e. The van der Waals surface area contributed by atoms with E-state index in [1.807, 2.05) is 12.2 Å². The third kappa shape index (κ3) is 2.88. The Morgan fingerprint density at radius 2 is 1.34 bits per heavy atom. The van der Waals surface area contributed by atoms with E-state index >= 15 is 0 Å². The molecule has 7 rings (SSSR count). The number of allylic oxidation sites excluding steroid dienone is 6. The highest BCUT2D eigenvalue weighted by Gasteiger charge is 2.26. The van der Waals surface area contributed by atoms with Crippen molar-refractivity contribution in [3.05, 3.63) is 122 Å². The number of para-hydroxylation sites is 1. The lowest BCUT2D eigenvalue weighted by Gasteiger charge is -2.17. The van der Waals surface area contributed by atoms with E-state index in [-0.39, 0.29) is 0 Å². The highest BCUT2D eigenvalue weighted by Crippen LogP contribution is 2.46. The molecule has 2 heterocycles. The quantitative estimate of drug-likeness (QED) is 0.249.